The summed E-state index contributed by atoms with van der Waals surface area (Å²) in [5, 5.41) is 19.2. The molecule has 0 saturated carbocycles. The van der Waals surface area contributed by atoms with Crippen molar-refractivity contribution in [1.29, 1.82) is 5.26 Å². The molecule has 3 aromatic carbocycles. The Morgan fingerprint density at radius 1 is 1.00 bits per heavy atom. The second-order valence-electron chi connectivity index (χ2n) is 11.6. The number of ketones is 1. The lowest BCUT2D eigenvalue weighted by Crippen LogP contribution is -2.24. The molecule has 1 aliphatic rings. The molecule has 2 heterocycles. The molecule has 1 aromatic heterocycles. The molecule has 1 fully saturated rings. The van der Waals surface area contributed by atoms with Gasteiger partial charge in [0.2, 0.25) is 0 Å². The molecule has 0 radical (unpaired) electrons. The molecule has 5 rings (SSSR count). The fraction of sp³-hybridized carbons (Fsp3) is 0.324. The van der Waals surface area contributed by atoms with Crippen molar-refractivity contribution in [2.75, 3.05) is 26.2 Å². The SMILES string of the molecule is CC(=O)c1cc(Cl)c(OCc2cccc(-c3cccc(OCCCN4CC[C@@H](O)C4)c3C)c2C)cc1OCc1cncc(C#N)c1. The highest BCUT2D eigenvalue weighted by Crippen LogP contribution is 2.36. The van der Waals surface area contributed by atoms with E-state index in [0.29, 0.717) is 39.8 Å². The zero-order chi connectivity index (χ0) is 32.6. The second-order valence-corrected chi connectivity index (χ2v) is 12.0. The number of ether oxygens (including phenoxy) is 3. The van der Waals surface area contributed by atoms with Crippen LogP contribution in [-0.4, -0.2) is 53.1 Å². The molecule has 9 heteroatoms. The quantitative estimate of drug-likeness (QED) is 0.122. The van der Waals surface area contributed by atoms with Crippen LogP contribution in [0.3, 0.4) is 0 Å². The molecule has 1 atom stereocenters. The molecular weight excluding hydrogens is 602 g/mol. The van der Waals surface area contributed by atoms with Gasteiger partial charge in [-0.05, 0) is 79.6 Å². The van der Waals surface area contributed by atoms with Crippen LogP contribution in [-0.2, 0) is 13.2 Å². The molecule has 46 heavy (non-hydrogen) atoms. The van der Waals surface area contributed by atoms with Crippen molar-refractivity contribution in [3.63, 3.8) is 0 Å². The first-order valence-electron chi connectivity index (χ1n) is 15.4. The van der Waals surface area contributed by atoms with E-state index < -0.39 is 0 Å². The van der Waals surface area contributed by atoms with E-state index in [-0.39, 0.29) is 25.1 Å². The number of pyridine rings is 1. The zero-order valence-electron chi connectivity index (χ0n) is 26.4. The van der Waals surface area contributed by atoms with Gasteiger partial charge in [-0.25, -0.2) is 0 Å². The summed E-state index contributed by atoms with van der Waals surface area (Å²) in [7, 11) is 0. The van der Waals surface area contributed by atoms with Gasteiger partial charge in [-0.3, -0.25) is 9.78 Å². The standard InChI is InChI=1S/C37H38ClN3O5/c1-24-29(7-4-8-31(24)32-9-5-10-35(25(32)2)44-14-6-12-41-13-11-30(43)21-41)23-46-37-17-36(33(26(3)42)16-34(37)38)45-22-28-15-27(18-39)19-40-20-28/h4-5,7-10,15-17,19-20,30,43H,6,11-14,21-23H2,1-3H3/t30-/m1/s1. The minimum Gasteiger partial charge on any atom is -0.493 e. The Kier molecular flexibility index (Phi) is 10.9. The Balaban J connectivity index is 1.28. The van der Waals surface area contributed by atoms with E-state index >= 15 is 0 Å². The fourth-order valence-electron chi connectivity index (χ4n) is 5.66. The lowest BCUT2D eigenvalue weighted by Gasteiger charge is -2.18. The van der Waals surface area contributed by atoms with E-state index in [1.54, 1.807) is 24.4 Å². The molecule has 8 nitrogen and oxygen atoms in total. The average Bonchev–Trinajstić information content (AvgIpc) is 3.47. The number of nitrogens with zero attached hydrogens (tertiary/aromatic N) is 3. The molecule has 4 aromatic rings. The maximum absolute atomic E-state index is 12.4. The zero-order valence-corrected chi connectivity index (χ0v) is 27.1. The number of nitriles is 1. The first-order chi connectivity index (χ1) is 22.2. The number of hydrogen-bond donors (Lipinski definition) is 1. The molecule has 238 valence electrons. The summed E-state index contributed by atoms with van der Waals surface area (Å²) >= 11 is 6.56. The van der Waals surface area contributed by atoms with Gasteiger partial charge in [-0.2, -0.15) is 5.26 Å². The van der Waals surface area contributed by atoms with Crippen molar-refractivity contribution in [2.45, 2.75) is 52.9 Å². The third-order valence-electron chi connectivity index (χ3n) is 8.26. The predicted octanol–water partition coefficient (Wildman–Crippen LogP) is 7.09. The van der Waals surface area contributed by atoms with Crippen molar-refractivity contribution in [1.82, 2.24) is 9.88 Å². The van der Waals surface area contributed by atoms with Crippen LogP contribution in [0.1, 0.15) is 57.9 Å². The van der Waals surface area contributed by atoms with Crippen LogP contribution in [0.5, 0.6) is 17.2 Å². The van der Waals surface area contributed by atoms with Crippen LogP contribution in [0, 0.1) is 25.2 Å². The van der Waals surface area contributed by atoms with Gasteiger partial charge >= 0.3 is 0 Å². The number of benzene rings is 3. The topological polar surface area (TPSA) is 105 Å². The van der Waals surface area contributed by atoms with Gasteiger partial charge in [-0.15, -0.1) is 0 Å². The summed E-state index contributed by atoms with van der Waals surface area (Å²) in [4.78, 5) is 18.7. The number of hydrogen-bond acceptors (Lipinski definition) is 8. The van der Waals surface area contributed by atoms with Crippen molar-refractivity contribution in [3.8, 4) is 34.4 Å². The van der Waals surface area contributed by atoms with Crippen LogP contribution < -0.4 is 14.2 Å². The molecule has 1 aliphatic heterocycles. The van der Waals surface area contributed by atoms with Crippen molar-refractivity contribution < 1.29 is 24.1 Å². The minimum absolute atomic E-state index is 0.121. The minimum atomic E-state index is -0.205. The van der Waals surface area contributed by atoms with Crippen molar-refractivity contribution in [2.24, 2.45) is 0 Å². The number of aliphatic hydroxyl groups excluding tert-OH is 1. The fourth-order valence-corrected chi connectivity index (χ4v) is 5.88. The van der Waals surface area contributed by atoms with Gasteiger partial charge < -0.3 is 24.2 Å². The van der Waals surface area contributed by atoms with E-state index in [1.165, 1.54) is 13.1 Å². The summed E-state index contributed by atoms with van der Waals surface area (Å²) in [6.07, 6.45) is 4.63. The van der Waals surface area contributed by atoms with Crippen molar-refractivity contribution >= 4 is 17.4 Å². The van der Waals surface area contributed by atoms with Gasteiger partial charge in [0, 0.05) is 43.7 Å². The first-order valence-corrected chi connectivity index (χ1v) is 15.8. The van der Waals surface area contributed by atoms with Gasteiger partial charge in [0.15, 0.2) is 5.78 Å². The number of Topliss-reactive ketones (excluding diaryl/α,β-unsaturated/α-hetero) is 1. The molecule has 1 saturated heterocycles. The molecule has 0 bridgehead atoms. The maximum Gasteiger partial charge on any atom is 0.163 e. The van der Waals surface area contributed by atoms with Crippen LogP contribution in [0.4, 0.5) is 0 Å². The number of halogens is 1. The molecule has 0 unspecified atom stereocenters. The molecular formula is C37H38ClN3O5. The number of aromatic nitrogens is 1. The monoisotopic (exact) mass is 639 g/mol. The summed E-state index contributed by atoms with van der Waals surface area (Å²) in [5.74, 6) is 1.40. The Morgan fingerprint density at radius 2 is 1.76 bits per heavy atom. The Hall–Kier alpha value is -4.42. The van der Waals surface area contributed by atoms with Gasteiger partial charge in [0.25, 0.3) is 0 Å². The van der Waals surface area contributed by atoms with E-state index in [2.05, 4.69) is 41.9 Å². The molecule has 1 N–H and O–H groups in total. The lowest BCUT2D eigenvalue weighted by atomic mass is 9.93. The molecule has 0 spiro atoms. The normalized spacial score (nSPS) is 14.6. The highest BCUT2D eigenvalue weighted by atomic mass is 35.5. The average molecular weight is 640 g/mol. The smallest absolute Gasteiger partial charge is 0.163 e. The number of carbonyl (C=O) groups excluding carboxylic acids is 1. The number of aliphatic hydroxyl groups is 1. The number of likely N-dealkylation sites (tertiary alicyclic amines) is 1. The molecule has 0 aliphatic carbocycles. The number of carbonyl (C=O) groups is 1. The van der Waals surface area contributed by atoms with Crippen LogP contribution in [0.15, 0.2) is 67.0 Å². The third-order valence-corrected chi connectivity index (χ3v) is 8.55. The summed E-state index contributed by atoms with van der Waals surface area (Å²) in [6, 6.07) is 19.2. The third kappa shape index (κ3) is 8.04. The predicted molar refractivity (Wildman–Crippen MR) is 178 cm³/mol. The summed E-state index contributed by atoms with van der Waals surface area (Å²) in [6.45, 7) is 9.20. The summed E-state index contributed by atoms with van der Waals surface area (Å²) < 4.78 is 18.4. The Bertz CT molecular complexity index is 1750. The largest absolute Gasteiger partial charge is 0.493 e. The molecule has 0 amide bonds. The Morgan fingerprint density at radius 3 is 2.50 bits per heavy atom. The van der Waals surface area contributed by atoms with Gasteiger partial charge in [0.05, 0.1) is 28.9 Å². The van der Waals surface area contributed by atoms with Crippen LogP contribution in [0.25, 0.3) is 11.1 Å². The lowest BCUT2D eigenvalue weighted by molar-refractivity contribution is 0.101. The van der Waals surface area contributed by atoms with Crippen LogP contribution in [0.2, 0.25) is 5.02 Å². The van der Waals surface area contributed by atoms with E-state index in [1.807, 2.05) is 24.3 Å². The van der Waals surface area contributed by atoms with E-state index in [0.717, 1.165) is 66.0 Å². The maximum atomic E-state index is 12.4. The highest BCUT2D eigenvalue weighted by molar-refractivity contribution is 6.32. The Labute approximate surface area is 275 Å². The number of rotatable bonds is 13. The van der Waals surface area contributed by atoms with Crippen molar-refractivity contribution in [3.05, 3.63) is 105 Å². The van der Waals surface area contributed by atoms with Gasteiger partial charge in [0.1, 0.15) is 36.5 Å². The highest BCUT2D eigenvalue weighted by Gasteiger charge is 2.20. The van der Waals surface area contributed by atoms with E-state index in [9.17, 15) is 9.90 Å². The van der Waals surface area contributed by atoms with Gasteiger partial charge in [-0.1, -0.05) is 41.9 Å². The number of β-amino-alcohol motifs (C(OH)–C–C–N with tert-alkyl or cyclic N) is 1. The summed E-state index contributed by atoms with van der Waals surface area (Å²) in [5.41, 5.74) is 6.78. The second kappa shape index (κ2) is 15.2. The first kappa shape index (κ1) is 33.0. The van der Waals surface area contributed by atoms with E-state index in [4.69, 9.17) is 31.1 Å². The van der Waals surface area contributed by atoms with Crippen LogP contribution >= 0.6 is 11.6 Å².